The Kier molecular flexibility index (Phi) is 8.47. The maximum absolute atomic E-state index is 11.8. The summed E-state index contributed by atoms with van der Waals surface area (Å²) >= 11 is 0. The van der Waals surface area contributed by atoms with Crippen molar-refractivity contribution in [3.63, 3.8) is 0 Å². The SMILES string of the molecule is CCC(=O)CCCCCC(=O)CN=Cc1ccc(-c2ccccc2)cc1. The number of hydrogen-bond acceptors (Lipinski definition) is 3. The van der Waals surface area contributed by atoms with Gasteiger partial charge in [-0.2, -0.15) is 0 Å². The molecule has 2 rings (SSSR count). The number of ketones is 2. The highest BCUT2D eigenvalue weighted by Crippen LogP contribution is 2.18. The van der Waals surface area contributed by atoms with Gasteiger partial charge in [0.1, 0.15) is 5.78 Å². The van der Waals surface area contributed by atoms with Gasteiger partial charge < -0.3 is 0 Å². The molecule has 0 aliphatic rings. The Hall–Kier alpha value is -2.55. The molecule has 0 aliphatic heterocycles. The van der Waals surface area contributed by atoms with E-state index in [-0.39, 0.29) is 12.3 Å². The number of rotatable bonds is 11. The number of carbonyl (C=O) groups is 2. The molecule has 3 heteroatoms. The number of unbranched alkanes of at least 4 members (excludes halogenated alkanes) is 2. The number of benzene rings is 2. The molecule has 0 bridgehead atoms. The first-order valence-electron chi connectivity index (χ1n) is 9.37. The van der Waals surface area contributed by atoms with E-state index in [2.05, 4.69) is 29.3 Å². The van der Waals surface area contributed by atoms with Gasteiger partial charge in [0, 0.05) is 25.5 Å². The molecule has 26 heavy (non-hydrogen) atoms. The smallest absolute Gasteiger partial charge is 0.154 e. The molecule has 0 aliphatic carbocycles. The lowest BCUT2D eigenvalue weighted by molar-refractivity contribution is -0.119. The third kappa shape index (κ3) is 7.14. The Balaban J connectivity index is 1.69. The molecule has 0 amide bonds. The van der Waals surface area contributed by atoms with E-state index in [1.165, 1.54) is 11.1 Å². The summed E-state index contributed by atoms with van der Waals surface area (Å²) in [4.78, 5) is 27.3. The van der Waals surface area contributed by atoms with Crippen molar-refractivity contribution in [1.82, 2.24) is 0 Å². The first-order chi connectivity index (χ1) is 12.7. The molecule has 3 nitrogen and oxygen atoms in total. The Morgan fingerprint density at radius 1 is 0.808 bits per heavy atom. The number of carbonyl (C=O) groups excluding carboxylic acids is 2. The fraction of sp³-hybridized carbons (Fsp3) is 0.348. The maximum Gasteiger partial charge on any atom is 0.154 e. The van der Waals surface area contributed by atoms with Crippen molar-refractivity contribution in [1.29, 1.82) is 0 Å². The van der Waals surface area contributed by atoms with Crippen molar-refractivity contribution in [3.8, 4) is 11.1 Å². The number of nitrogens with zero attached hydrogens (tertiary/aromatic N) is 1. The molecule has 0 unspecified atom stereocenters. The van der Waals surface area contributed by atoms with Crippen LogP contribution in [0.3, 0.4) is 0 Å². The summed E-state index contributed by atoms with van der Waals surface area (Å²) in [6.45, 7) is 2.12. The van der Waals surface area contributed by atoms with Crippen LogP contribution in [0.2, 0.25) is 0 Å². The van der Waals surface area contributed by atoms with Crippen LogP contribution in [0.4, 0.5) is 0 Å². The number of Topliss-reactive ketones (excluding diaryl/α,β-unsaturated/α-hetero) is 2. The molecule has 0 atom stereocenters. The van der Waals surface area contributed by atoms with Crippen LogP contribution in [0.1, 0.15) is 51.0 Å². The molecule has 2 aromatic carbocycles. The molecule has 0 heterocycles. The van der Waals surface area contributed by atoms with E-state index < -0.39 is 0 Å². The minimum atomic E-state index is 0.156. The molecule has 0 saturated carbocycles. The monoisotopic (exact) mass is 349 g/mol. The van der Waals surface area contributed by atoms with Crippen molar-refractivity contribution in [2.75, 3.05) is 6.54 Å². The summed E-state index contributed by atoms with van der Waals surface area (Å²) in [6, 6.07) is 18.4. The highest BCUT2D eigenvalue weighted by Gasteiger charge is 2.02. The normalized spacial score (nSPS) is 11.0. The van der Waals surface area contributed by atoms with Gasteiger partial charge in [0.15, 0.2) is 5.78 Å². The standard InChI is InChI=1S/C23H27NO2/c1-2-22(25)11-7-4-8-12-23(26)18-24-17-19-13-15-21(16-14-19)20-9-5-3-6-10-20/h3,5-6,9-10,13-17H,2,4,7-8,11-12,18H2,1H3. The van der Waals surface area contributed by atoms with Gasteiger partial charge in [0.25, 0.3) is 0 Å². The van der Waals surface area contributed by atoms with Crippen molar-refractivity contribution in [3.05, 3.63) is 60.2 Å². The van der Waals surface area contributed by atoms with E-state index in [0.717, 1.165) is 24.8 Å². The summed E-state index contributed by atoms with van der Waals surface area (Å²) < 4.78 is 0. The van der Waals surface area contributed by atoms with Crippen molar-refractivity contribution in [2.45, 2.75) is 45.4 Å². The van der Waals surface area contributed by atoms with Crippen molar-refractivity contribution in [2.24, 2.45) is 4.99 Å². The van der Waals surface area contributed by atoms with Gasteiger partial charge in [-0.1, -0.05) is 67.9 Å². The van der Waals surface area contributed by atoms with Gasteiger partial charge in [-0.25, -0.2) is 0 Å². The molecular weight excluding hydrogens is 322 g/mol. The quantitative estimate of drug-likeness (QED) is 0.410. The van der Waals surface area contributed by atoms with Gasteiger partial charge in [-0.15, -0.1) is 0 Å². The van der Waals surface area contributed by atoms with Crippen LogP contribution in [0.15, 0.2) is 59.6 Å². The third-order valence-corrected chi connectivity index (χ3v) is 4.33. The van der Waals surface area contributed by atoms with E-state index >= 15 is 0 Å². The highest BCUT2D eigenvalue weighted by molar-refractivity contribution is 5.85. The molecule has 0 radical (unpaired) electrons. The largest absolute Gasteiger partial charge is 0.300 e. The fourth-order valence-electron chi connectivity index (χ4n) is 2.72. The predicted molar refractivity (Wildman–Crippen MR) is 108 cm³/mol. The van der Waals surface area contributed by atoms with Crippen LogP contribution in [0.25, 0.3) is 11.1 Å². The lowest BCUT2D eigenvalue weighted by Gasteiger charge is -2.02. The van der Waals surface area contributed by atoms with Crippen LogP contribution < -0.4 is 0 Å². The zero-order valence-corrected chi connectivity index (χ0v) is 15.5. The van der Waals surface area contributed by atoms with Crippen LogP contribution in [-0.2, 0) is 9.59 Å². The first kappa shape index (κ1) is 19.8. The van der Waals surface area contributed by atoms with Crippen molar-refractivity contribution >= 4 is 17.8 Å². The Morgan fingerprint density at radius 3 is 2.08 bits per heavy atom. The molecule has 0 aromatic heterocycles. The van der Waals surface area contributed by atoms with Gasteiger partial charge in [0.2, 0.25) is 0 Å². The Bertz CT molecular complexity index is 718. The fourth-order valence-corrected chi connectivity index (χ4v) is 2.72. The lowest BCUT2D eigenvalue weighted by atomic mass is 10.0. The molecule has 0 saturated heterocycles. The summed E-state index contributed by atoms with van der Waals surface area (Å²) in [6.07, 6.45) is 6.22. The minimum absolute atomic E-state index is 0.156. The second kappa shape index (κ2) is 11.1. The summed E-state index contributed by atoms with van der Waals surface area (Å²) in [5, 5.41) is 0. The zero-order chi connectivity index (χ0) is 18.6. The van der Waals surface area contributed by atoms with E-state index in [1.807, 2.05) is 37.3 Å². The topological polar surface area (TPSA) is 46.5 Å². The first-order valence-corrected chi connectivity index (χ1v) is 9.37. The second-order valence-electron chi connectivity index (χ2n) is 6.45. The van der Waals surface area contributed by atoms with Crippen LogP contribution in [0, 0.1) is 0 Å². The lowest BCUT2D eigenvalue weighted by Crippen LogP contribution is -2.03. The van der Waals surface area contributed by atoms with E-state index in [1.54, 1.807) is 6.21 Å². The zero-order valence-electron chi connectivity index (χ0n) is 15.5. The van der Waals surface area contributed by atoms with Crippen LogP contribution in [0.5, 0.6) is 0 Å². The summed E-state index contributed by atoms with van der Waals surface area (Å²) in [7, 11) is 0. The van der Waals surface area contributed by atoms with Gasteiger partial charge in [0.05, 0.1) is 6.54 Å². The molecule has 136 valence electrons. The third-order valence-electron chi connectivity index (χ3n) is 4.33. The average Bonchev–Trinajstić information content (AvgIpc) is 2.68. The maximum atomic E-state index is 11.8. The van der Waals surface area contributed by atoms with E-state index in [0.29, 0.717) is 25.0 Å². The number of aliphatic imine (C=N–C) groups is 1. The van der Waals surface area contributed by atoms with E-state index in [4.69, 9.17) is 0 Å². The molecule has 2 aromatic rings. The second-order valence-corrected chi connectivity index (χ2v) is 6.45. The average molecular weight is 349 g/mol. The van der Waals surface area contributed by atoms with Gasteiger partial charge in [-0.05, 0) is 29.5 Å². The number of hydrogen-bond donors (Lipinski definition) is 0. The Labute approximate surface area is 156 Å². The van der Waals surface area contributed by atoms with Gasteiger partial charge >= 0.3 is 0 Å². The summed E-state index contributed by atoms with van der Waals surface area (Å²) in [5.74, 6) is 0.461. The highest BCUT2D eigenvalue weighted by atomic mass is 16.1. The predicted octanol–water partition coefficient (Wildman–Crippen LogP) is 5.27. The van der Waals surface area contributed by atoms with Crippen LogP contribution in [-0.4, -0.2) is 24.3 Å². The van der Waals surface area contributed by atoms with E-state index in [9.17, 15) is 9.59 Å². The van der Waals surface area contributed by atoms with Crippen molar-refractivity contribution < 1.29 is 9.59 Å². The molecule has 0 N–H and O–H groups in total. The molecular formula is C23H27NO2. The Morgan fingerprint density at radius 2 is 1.42 bits per heavy atom. The molecule has 0 fully saturated rings. The van der Waals surface area contributed by atoms with Crippen LogP contribution >= 0.6 is 0 Å². The molecule has 0 spiro atoms. The minimum Gasteiger partial charge on any atom is -0.300 e. The summed E-state index contributed by atoms with van der Waals surface area (Å²) in [5.41, 5.74) is 3.35. The van der Waals surface area contributed by atoms with Gasteiger partial charge in [-0.3, -0.25) is 14.6 Å².